The maximum atomic E-state index is 13.6. The number of phenols is 3. The Labute approximate surface area is 241 Å². The van der Waals surface area contributed by atoms with Crippen molar-refractivity contribution in [1.29, 1.82) is 0 Å². The van der Waals surface area contributed by atoms with E-state index in [4.69, 9.17) is 14.2 Å². The lowest BCUT2D eigenvalue weighted by molar-refractivity contribution is -0.264. The van der Waals surface area contributed by atoms with Crippen molar-refractivity contribution in [2.75, 3.05) is 26.3 Å². The lowest BCUT2D eigenvalue weighted by atomic mass is 9.70. The van der Waals surface area contributed by atoms with Gasteiger partial charge < -0.3 is 44.8 Å². The van der Waals surface area contributed by atoms with Crippen LogP contribution in [0.2, 0.25) is 0 Å². The number of rotatable bonds is 4. The Hall–Kier alpha value is -3.10. The normalized spacial score (nSPS) is 33.2. The summed E-state index contributed by atoms with van der Waals surface area (Å²) in [6.45, 7) is 5.61. The summed E-state index contributed by atoms with van der Waals surface area (Å²) in [5.41, 5.74) is -3.80. The second-order valence-electron chi connectivity index (χ2n) is 11.5. The number of hydrogen-bond donors (Lipinski definition) is 6. The van der Waals surface area contributed by atoms with Crippen LogP contribution in [-0.4, -0.2) is 104 Å². The van der Waals surface area contributed by atoms with Crippen molar-refractivity contribution in [2.24, 2.45) is 0 Å². The van der Waals surface area contributed by atoms with Crippen LogP contribution in [0.5, 0.6) is 17.2 Å². The first-order valence-electron chi connectivity index (χ1n) is 14.2. The molecule has 6 N–H and O–H groups in total. The molecule has 0 spiro atoms. The first kappa shape index (κ1) is 29.0. The molecule has 2 aliphatic carbocycles. The molecule has 12 nitrogen and oxygen atoms in total. The Bertz CT molecular complexity index is 1440. The minimum atomic E-state index is -1.82. The molecule has 0 aromatic heterocycles. The number of ketones is 2. The number of hydrogen-bond acceptors (Lipinski definition) is 12. The van der Waals surface area contributed by atoms with Gasteiger partial charge in [-0.05, 0) is 19.4 Å². The molecule has 2 heterocycles. The van der Waals surface area contributed by atoms with Gasteiger partial charge in [-0.1, -0.05) is 19.1 Å². The quantitative estimate of drug-likeness (QED) is 0.242. The minimum Gasteiger partial charge on any atom is -0.507 e. The number of fused-ring (bicyclic) bond motifs is 3. The molecule has 7 atom stereocenters. The predicted molar refractivity (Wildman–Crippen MR) is 145 cm³/mol. The molecule has 2 aromatic carbocycles. The lowest BCUT2D eigenvalue weighted by Gasteiger charge is -2.47. The standard InChI is InChI=1S/C30H35NO11/c1-3-30(39)12-17(42-18-11-15(24(33)13(2)41-18)31-7-9-40-10-8-31)20-23(29(30)38)28(37)21-22(27(20)36)26(35)19-14(25(21)34)5-4-6-16(19)32/h4-6,13,15,17-18,24,29,32-33,36-39H,3,7-12H2,1-2H3/t13-,15-,17+,18+,24+,29-,30-/m0/s1. The van der Waals surface area contributed by atoms with Gasteiger partial charge in [-0.15, -0.1) is 0 Å². The number of aromatic hydroxyl groups is 3. The zero-order valence-electron chi connectivity index (χ0n) is 23.3. The average molecular weight is 586 g/mol. The van der Waals surface area contributed by atoms with E-state index in [-0.39, 0.29) is 47.6 Å². The summed E-state index contributed by atoms with van der Waals surface area (Å²) in [5, 5.41) is 67.1. The molecular weight excluding hydrogens is 550 g/mol. The molecule has 12 heteroatoms. The van der Waals surface area contributed by atoms with Gasteiger partial charge in [0.15, 0.2) is 12.1 Å². The zero-order chi connectivity index (χ0) is 30.1. The summed E-state index contributed by atoms with van der Waals surface area (Å²) in [6.07, 6.45) is -5.23. The van der Waals surface area contributed by atoms with Crippen molar-refractivity contribution >= 4 is 11.6 Å². The van der Waals surface area contributed by atoms with Gasteiger partial charge in [0.1, 0.15) is 23.4 Å². The van der Waals surface area contributed by atoms with Crippen LogP contribution in [0.1, 0.15) is 88.3 Å². The molecule has 42 heavy (non-hydrogen) atoms. The Kier molecular flexibility index (Phi) is 7.29. The van der Waals surface area contributed by atoms with E-state index in [2.05, 4.69) is 4.90 Å². The van der Waals surface area contributed by atoms with E-state index < -0.39 is 76.2 Å². The molecule has 0 bridgehead atoms. The van der Waals surface area contributed by atoms with Crippen molar-refractivity contribution in [2.45, 2.75) is 75.5 Å². The third kappa shape index (κ3) is 4.32. The number of nitrogens with zero attached hydrogens (tertiary/aromatic N) is 1. The van der Waals surface area contributed by atoms with Crippen LogP contribution in [-0.2, 0) is 14.2 Å². The largest absolute Gasteiger partial charge is 0.507 e. The van der Waals surface area contributed by atoms with E-state index >= 15 is 0 Å². The molecule has 0 amide bonds. The van der Waals surface area contributed by atoms with Gasteiger partial charge >= 0.3 is 0 Å². The zero-order valence-corrected chi connectivity index (χ0v) is 23.3. The highest BCUT2D eigenvalue weighted by Gasteiger charge is 2.52. The first-order valence-corrected chi connectivity index (χ1v) is 14.2. The molecular formula is C30H35NO11. The number of carbonyl (C=O) groups is 2. The third-order valence-electron chi connectivity index (χ3n) is 9.25. The van der Waals surface area contributed by atoms with E-state index in [1.807, 2.05) is 0 Å². The Morgan fingerprint density at radius 3 is 2.36 bits per heavy atom. The Balaban J connectivity index is 1.44. The van der Waals surface area contributed by atoms with Crippen molar-refractivity contribution < 1.29 is 54.4 Å². The molecule has 6 rings (SSSR count). The van der Waals surface area contributed by atoms with E-state index in [1.165, 1.54) is 18.2 Å². The molecule has 0 unspecified atom stereocenters. The van der Waals surface area contributed by atoms with Crippen molar-refractivity contribution in [3.05, 3.63) is 51.6 Å². The van der Waals surface area contributed by atoms with Crippen LogP contribution >= 0.6 is 0 Å². The number of aliphatic hydroxyl groups is 3. The number of morpholine rings is 1. The summed E-state index contributed by atoms with van der Waals surface area (Å²) >= 11 is 0. The van der Waals surface area contributed by atoms with E-state index in [0.717, 1.165) is 0 Å². The number of phenolic OH excluding ortho intramolecular Hbond substituents is 3. The van der Waals surface area contributed by atoms with Crippen LogP contribution in [0.25, 0.3) is 0 Å². The molecule has 226 valence electrons. The van der Waals surface area contributed by atoms with Crippen LogP contribution in [0, 0.1) is 0 Å². The molecule has 0 saturated carbocycles. The summed E-state index contributed by atoms with van der Waals surface area (Å²) in [5.74, 6) is -3.61. The van der Waals surface area contributed by atoms with Crippen LogP contribution in [0.3, 0.4) is 0 Å². The number of ether oxygens (including phenoxy) is 3. The molecule has 2 saturated heterocycles. The number of benzene rings is 2. The van der Waals surface area contributed by atoms with Gasteiger partial charge in [0.05, 0.1) is 53.8 Å². The van der Waals surface area contributed by atoms with Crippen molar-refractivity contribution in [3.63, 3.8) is 0 Å². The second-order valence-corrected chi connectivity index (χ2v) is 11.5. The van der Waals surface area contributed by atoms with Crippen molar-refractivity contribution in [1.82, 2.24) is 4.90 Å². The number of carbonyl (C=O) groups excluding carboxylic acids is 2. The monoisotopic (exact) mass is 585 g/mol. The molecule has 4 aliphatic rings. The fraction of sp³-hybridized carbons (Fsp3) is 0.533. The van der Waals surface area contributed by atoms with Gasteiger partial charge in [-0.3, -0.25) is 14.5 Å². The SMILES string of the molecule is CC[C@]1(O)C[C@@H](O[C@@H]2C[C@H](N3CCOCC3)[C@H](O)[C@H](C)O2)c2c(O)c3c(c(O)c2[C@@H]1O)C(=O)c1cccc(O)c1C3=O. The number of aliphatic hydroxyl groups excluding tert-OH is 2. The molecule has 2 aromatic rings. The Morgan fingerprint density at radius 1 is 1.00 bits per heavy atom. The van der Waals surface area contributed by atoms with Gasteiger partial charge in [0.2, 0.25) is 5.78 Å². The van der Waals surface area contributed by atoms with Crippen molar-refractivity contribution in [3.8, 4) is 17.2 Å². The fourth-order valence-corrected chi connectivity index (χ4v) is 6.86. The lowest BCUT2D eigenvalue weighted by Crippen LogP contribution is -2.58. The topological polar surface area (TPSA) is 186 Å². The molecule has 2 aliphatic heterocycles. The van der Waals surface area contributed by atoms with Gasteiger partial charge in [-0.2, -0.15) is 0 Å². The van der Waals surface area contributed by atoms with Gasteiger partial charge in [0.25, 0.3) is 0 Å². The van der Waals surface area contributed by atoms with E-state index in [1.54, 1.807) is 13.8 Å². The van der Waals surface area contributed by atoms with E-state index in [9.17, 15) is 40.2 Å². The maximum absolute atomic E-state index is 13.6. The van der Waals surface area contributed by atoms with Gasteiger partial charge in [0, 0.05) is 48.7 Å². The Morgan fingerprint density at radius 2 is 1.67 bits per heavy atom. The van der Waals surface area contributed by atoms with Crippen LogP contribution < -0.4 is 0 Å². The van der Waals surface area contributed by atoms with E-state index in [0.29, 0.717) is 26.3 Å². The highest BCUT2D eigenvalue weighted by Crippen LogP contribution is 2.56. The fourth-order valence-electron chi connectivity index (χ4n) is 6.86. The summed E-state index contributed by atoms with van der Waals surface area (Å²) < 4.78 is 17.8. The second kappa shape index (κ2) is 10.6. The first-order chi connectivity index (χ1) is 20.0. The maximum Gasteiger partial charge on any atom is 0.202 e. The smallest absolute Gasteiger partial charge is 0.202 e. The molecule has 0 radical (unpaired) electrons. The summed E-state index contributed by atoms with van der Waals surface area (Å²) in [4.78, 5) is 29.2. The highest BCUT2D eigenvalue weighted by molar-refractivity contribution is 6.31. The average Bonchev–Trinajstić information content (AvgIpc) is 2.97. The van der Waals surface area contributed by atoms with Crippen LogP contribution in [0.4, 0.5) is 0 Å². The van der Waals surface area contributed by atoms with Gasteiger partial charge in [-0.25, -0.2) is 0 Å². The predicted octanol–water partition coefficient (Wildman–Crippen LogP) is 1.41. The summed E-state index contributed by atoms with van der Waals surface area (Å²) in [7, 11) is 0. The highest BCUT2D eigenvalue weighted by atomic mass is 16.7. The third-order valence-corrected chi connectivity index (χ3v) is 9.25. The summed E-state index contributed by atoms with van der Waals surface area (Å²) in [6, 6.07) is 3.60. The minimum absolute atomic E-state index is 0.0331. The van der Waals surface area contributed by atoms with Crippen LogP contribution in [0.15, 0.2) is 18.2 Å². The molecule has 2 fully saturated rings.